The van der Waals surface area contributed by atoms with Crippen LogP contribution in [0.3, 0.4) is 0 Å². The van der Waals surface area contributed by atoms with Crippen molar-refractivity contribution in [2.45, 2.75) is 72.6 Å². The van der Waals surface area contributed by atoms with Crippen LogP contribution in [-0.2, 0) is 0 Å². The van der Waals surface area contributed by atoms with E-state index in [-0.39, 0.29) is 0 Å². The van der Waals surface area contributed by atoms with Crippen LogP contribution in [0.5, 0.6) is 0 Å². The van der Waals surface area contributed by atoms with Crippen LogP contribution in [-0.4, -0.2) is 0 Å². The molecule has 0 radical (unpaired) electrons. The van der Waals surface area contributed by atoms with E-state index in [0.29, 0.717) is 10.8 Å². The van der Waals surface area contributed by atoms with Crippen molar-refractivity contribution in [2.24, 2.45) is 34.5 Å². The molecule has 0 aromatic rings. The van der Waals surface area contributed by atoms with Crippen LogP contribution in [0.1, 0.15) is 72.6 Å². The summed E-state index contributed by atoms with van der Waals surface area (Å²) in [6.07, 6.45) is 15.2. The maximum atomic E-state index is 2.69. The number of allylic oxidation sites excluding steroid dienone is 4. The monoisotopic (exact) mass is 284 g/mol. The highest BCUT2D eigenvalue weighted by Crippen LogP contribution is 2.65. The van der Waals surface area contributed by atoms with Crippen LogP contribution in [0.2, 0.25) is 0 Å². The smallest absolute Gasteiger partial charge is 0.00850 e. The van der Waals surface area contributed by atoms with Gasteiger partial charge in [-0.15, -0.1) is 0 Å². The molecule has 0 heteroatoms. The van der Waals surface area contributed by atoms with Crippen LogP contribution < -0.4 is 0 Å². The molecule has 6 unspecified atom stereocenters. The Morgan fingerprint density at radius 3 is 2.52 bits per heavy atom. The van der Waals surface area contributed by atoms with Gasteiger partial charge in [-0.2, -0.15) is 0 Å². The van der Waals surface area contributed by atoms with Crippen molar-refractivity contribution in [3.63, 3.8) is 0 Å². The molecule has 6 atom stereocenters. The molecule has 0 amide bonds. The maximum Gasteiger partial charge on any atom is -0.00850 e. The van der Waals surface area contributed by atoms with Gasteiger partial charge in [0.25, 0.3) is 0 Å². The lowest BCUT2D eigenvalue weighted by Crippen LogP contribution is -2.49. The van der Waals surface area contributed by atoms with E-state index in [1.165, 1.54) is 44.9 Å². The van der Waals surface area contributed by atoms with E-state index < -0.39 is 0 Å². The second-order valence-electron chi connectivity index (χ2n) is 9.19. The molecule has 116 valence electrons. The molecule has 2 saturated carbocycles. The molecule has 0 aliphatic heterocycles. The minimum Gasteiger partial charge on any atom is -0.0847 e. The van der Waals surface area contributed by atoms with Crippen LogP contribution in [0.15, 0.2) is 23.3 Å². The van der Waals surface area contributed by atoms with Crippen molar-refractivity contribution >= 4 is 0 Å². The van der Waals surface area contributed by atoms with E-state index in [2.05, 4.69) is 39.8 Å². The minimum absolute atomic E-state index is 0.533. The fourth-order valence-corrected chi connectivity index (χ4v) is 6.62. The molecule has 21 heavy (non-hydrogen) atoms. The standard InChI is InChI=1S/C21H32/c1-14-9-11-21(4)16(13-14)6-7-17-18-8-5-15(2)20(18,3)12-10-19(17)21/h5-6,14,17-19H,7-13H2,1-4H3. The zero-order valence-electron chi connectivity index (χ0n) is 14.4. The molecule has 0 nitrogen and oxygen atoms in total. The Labute approximate surface area is 131 Å². The molecule has 4 rings (SSSR count). The molecule has 0 spiro atoms. The average Bonchev–Trinajstić information content (AvgIpc) is 2.76. The summed E-state index contributed by atoms with van der Waals surface area (Å²) in [4.78, 5) is 0. The quantitative estimate of drug-likeness (QED) is 0.469. The Hall–Kier alpha value is -0.520. The summed E-state index contributed by atoms with van der Waals surface area (Å²) in [6.45, 7) is 10.0. The summed E-state index contributed by atoms with van der Waals surface area (Å²) in [5, 5.41) is 0. The van der Waals surface area contributed by atoms with Crippen molar-refractivity contribution in [1.29, 1.82) is 0 Å². The third-order valence-corrected chi connectivity index (χ3v) is 8.32. The summed E-state index contributed by atoms with van der Waals surface area (Å²) in [7, 11) is 0. The molecule has 0 heterocycles. The molecular weight excluding hydrogens is 252 g/mol. The number of hydrogen-bond acceptors (Lipinski definition) is 0. The van der Waals surface area contributed by atoms with Gasteiger partial charge in [0.1, 0.15) is 0 Å². The Morgan fingerprint density at radius 2 is 1.71 bits per heavy atom. The minimum atomic E-state index is 0.533. The van der Waals surface area contributed by atoms with Gasteiger partial charge in [-0.05, 0) is 86.4 Å². The second-order valence-corrected chi connectivity index (χ2v) is 9.19. The van der Waals surface area contributed by atoms with Gasteiger partial charge in [0.05, 0.1) is 0 Å². The predicted molar refractivity (Wildman–Crippen MR) is 90.0 cm³/mol. The maximum absolute atomic E-state index is 2.69. The lowest BCUT2D eigenvalue weighted by atomic mass is 9.47. The van der Waals surface area contributed by atoms with E-state index in [9.17, 15) is 0 Å². The van der Waals surface area contributed by atoms with Crippen LogP contribution in [0.25, 0.3) is 0 Å². The van der Waals surface area contributed by atoms with Crippen molar-refractivity contribution in [3.05, 3.63) is 23.3 Å². The van der Waals surface area contributed by atoms with Gasteiger partial charge in [-0.1, -0.05) is 44.1 Å². The fraction of sp³-hybridized carbons (Fsp3) is 0.810. The zero-order valence-corrected chi connectivity index (χ0v) is 14.4. The Bertz CT molecular complexity index is 510. The number of rotatable bonds is 0. The highest BCUT2D eigenvalue weighted by molar-refractivity contribution is 5.29. The van der Waals surface area contributed by atoms with E-state index in [4.69, 9.17) is 0 Å². The number of fused-ring (bicyclic) bond motifs is 5. The fourth-order valence-electron chi connectivity index (χ4n) is 6.62. The molecule has 0 saturated heterocycles. The largest absolute Gasteiger partial charge is 0.0847 e. The van der Waals surface area contributed by atoms with Gasteiger partial charge in [0.15, 0.2) is 0 Å². The van der Waals surface area contributed by atoms with Gasteiger partial charge >= 0.3 is 0 Å². The summed E-state index contributed by atoms with van der Waals surface area (Å²) < 4.78 is 0. The lowest BCUT2D eigenvalue weighted by molar-refractivity contribution is -0.0202. The van der Waals surface area contributed by atoms with Gasteiger partial charge in [-0.25, -0.2) is 0 Å². The molecular formula is C21H32. The van der Waals surface area contributed by atoms with E-state index in [0.717, 1.165) is 23.7 Å². The Morgan fingerprint density at radius 1 is 0.952 bits per heavy atom. The topological polar surface area (TPSA) is 0 Å². The highest BCUT2D eigenvalue weighted by Gasteiger charge is 2.55. The summed E-state index contributed by atoms with van der Waals surface area (Å²) >= 11 is 0. The van der Waals surface area contributed by atoms with Crippen molar-refractivity contribution in [3.8, 4) is 0 Å². The molecule has 0 bridgehead atoms. The van der Waals surface area contributed by atoms with Crippen molar-refractivity contribution < 1.29 is 0 Å². The summed E-state index contributed by atoms with van der Waals surface area (Å²) in [5.74, 6) is 3.79. The van der Waals surface area contributed by atoms with Crippen LogP contribution in [0, 0.1) is 34.5 Å². The first-order valence-corrected chi connectivity index (χ1v) is 9.32. The SMILES string of the molecule is CC1=CCC2C3CC=C4CC(C)CCC4(C)C3CCC12C. The predicted octanol–water partition coefficient (Wildman–Crippen LogP) is 6.14. The van der Waals surface area contributed by atoms with Crippen LogP contribution >= 0.6 is 0 Å². The highest BCUT2D eigenvalue weighted by atomic mass is 14.6. The molecule has 4 aliphatic rings. The molecule has 0 N–H and O–H groups in total. The van der Waals surface area contributed by atoms with E-state index in [1.54, 1.807) is 5.57 Å². The van der Waals surface area contributed by atoms with Crippen molar-refractivity contribution in [2.75, 3.05) is 0 Å². The second kappa shape index (κ2) is 4.49. The number of hydrogen-bond donors (Lipinski definition) is 0. The van der Waals surface area contributed by atoms with Gasteiger partial charge in [0.2, 0.25) is 0 Å². The Balaban J connectivity index is 1.68. The molecule has 2 fully saturated rings. The van der Waals surface area contributed by atoms with Gasteiger partial charge in [0, 0.05) is 0 Å². The third-order valence-electron chi connectivity index (χ3n) is 8.32. The first kappa shape index (κ1) is 14.1. The molecule has 0 aromatic heterocycles. The first-order valence-electron chi connectivity index (χ1n) is 9.32. The zero-order chi connectivity index (χ0) is 14.8. The van der Waals surface area contributed by atoms with Gasteiger partial charge in [-0.3, -0.25) is 0 Å². The first-order chi connectivity index (χ1) is 9.95. The van der Waals surface area contributed by atoms with E-state index >= 15 is 0 Å². The molecule has 0 aromatic carbocycles. The molecule has 4 aliphatic carbocycles. The normalized spacial score (nSPS) is 52.4. The summed E-state index contributed by atoms with van der Waals surface area (Å²) in [6, 6.07) is 0. The van der Waals surface area contributed by atoms with E-state index in [1.807, 2.05) is 5.57 Å². The third kappa shape index (κ3) is 1.80. The average molecular weight is 284 g/mol. The van der Waals surface area contributed by atoms with Crippen molar-refractivity contribution in [1.82, 2.24) is 0 Å². The van der Waals surface area contributed by atoms with Gasteiger partial charge < -0.3 is 0 Å². The lowest BCUT2D eigenvalue weighted by Gasteiger charge is -2.57. The summed E-state index contributed by atoms with van der Waals surface area (Å²) in [5.41, 5.74) is 4.62. The Kier molecular flexibility index (Phi) is 3.02. The van der Waals surface area contributed by atoms with Crippen LogP contribution in [0.4, 0.5) is 0 Å².